The Morgan fingerprint density at radius 3 is 3.00 bits per heavy atom. The fraction of sp³-hybridized carbons (Fsp3) is 0.125. The maximum absolute atomic E-state index is 10.6. The molecular formula is C8H5ClN2O3S. The molecule has 0 aliphatic carbocycles. The van der Waals surface area contributed by atoms with Crippen LogP contribution >= 0.6 is 23.6 Å². The van der Waals surface area contributed by atoms with Crippen LogP contribution in [-0.2, 0) is 9.94 Å². The average Bonchev–Trinajstić information content (AvgIpc) is 2.20. The molecule has 0 aliphatic rings. The van der Waals surface area contributed by atoms with Gasteiger partial charge in [-0.05, 0) is 12.1 Å². The first-order valence-electron chi connectivity index (χ1n) is 3.75. The predicted molar refractivity (Wildman–Crippen MR) is 56.1 cm³/mol. The Morgan fingerprint density at radius 1 is 1.67 bits per heavy atom. The molecule has 0 amide bonds. The van der Waals surface area contributed by atoms with Crippen LogP contribution in [0.4, 0.5) is 5.69 Å². The number of hydrogen-bond donors (Lipinski definition) is 0. The summed E-state index contributed by atoms with van der Waals surface area (Å²) in [6.45, 7) is 0. The molecule has 5 nitrogen and oxygen atoms in total. The third-order valence-corrected chi connectivity index (χ3v) is 2.41. The topological polar surface area (TPSA) is 76.2 Å². The minimum Gasteiger partial charge on any atom is -0.352 e. The van der Waals surface area contributed by atoms with Crippen molar-refractivity contribution in [3.05, 3.63) is 38.9 Å². The van der Waals surface area contributed by atoms with E-state index in [1.807, 2.05) is 0 Å². The monoisotopic (exact) mass is 244 g/mol. The molecule has 0 fully saturated rings. The van der Waals surface area contributed by atoms with Crippen molar-refractivity contribution in [3.8, 4) is 6.26 Å². The van der Waals surface area contributed by atoms with Crippen molar-refractivity contribution in [3.63, 3.8) is 0 Å². The zero-order valence-electron chi connectivity index (χ0n) is 7.34. The van der Waals surface area contributed by atoms with Gasteiger partial charge in [0.2, 0.25) is 0 Å². The van der Waals surface area contributed by atoms with Crippen molar-refractivity contribution < 1.29 is 9.11 Å². The molecule has 0 unspecified atom stereocenters. The number of rotatable bonds is 4. The summed E-state index contributed by atoms with van der Waals surface area (Å²) < 4.78 is 4.37. The van der Waals surface area contributed by atoms with E-state index in [9.17, 15) is 10.1 Å². The Bertz CT molecular complexity index is 419. The van der Waals surface area contributed by atoms with Gasteiger partial charge in [0.1, 0.15) is 0 Å². The van der Waals surface area contributed by atoms with Crippen LogP contribution in [0.25, 0.3) is 0 Å². The third-order valence-electron chi connectivity index (χ3n) is 1.55. The first-order chi connectivity index (χ1) is 7.15. The Balaban J connectivity index is 2.87. The summed E-state index contributed by atoms with van der Waals surface area (Å²) in [7, 11) is 0. The van der Waals surface area contributed by atoms with Gasteiger partial charge in [0.25, 0.3) is 11.9 Å². The first-order valence-corrected chi connectivity index (χ1v) is 5.04. The minimum absolute atomic E-state index is 0.0726. The number of nitriles is 1. The zero-order chi connectivity index (χ0) is 11.3. The van der Waals surface area contributed by atoms with E-state index in [1.165, 1.54) is 18.4 Å². The van der Waals surface area contributed by atoms with Crippen LogP contribution in [0.1, 0.15) is 5.56 Å². The lowest BCUT2D eigenvalue weighted by molar-refractivity contribution is -0.385. The maximum Gasteiger partial charge on any atom is 0.299 e. The highest BCUT2D eigenvalue weighted by atomic mass is 35.5. The summed E-state index contributed by atoms with van der Waals surface area (Å²) in [6, 6.07) is 4.36. The Labute approximate surface area is 95.0 Å². The Kier molecular flexibility index (Phi) is 4.21. The number of hydrogen-bond acceptors (Lipinski definition) is 5. The van der Waals surface area contributed by atoms with E-state index in [-0.39, 0.29) is 11.4 Å². The van der Waals surface area contributed by atoms with E-state index in [0.29, 0.717) is 10.6 Å². The van der Waals surface area contributed by atoms with Crippen LogP contribution in [0.15, 0.2) is 18.2 Å². The van der Waals surface area contributed by atoms with Gasteiger partial charge in [0, 0.05) is 16.7 Å². The lowest BCUT2D eigenvalue weighted by Gasteiger charge is -2.00. The fourth-order valence-corrected chi connectivity index (χ4v) is 1.60. The standard InChI is InChI=1S/C8H5ClN2O3S/c9-7-2-1-6(4-15-14-5-10)8(3-7)11(12)13/h1-3H,4H2. The second-order valence-corrected chi connectivity index (χ2v) is 3.59. The number of nitro groups is 1. The Hall–Kier alpha value is -1.45. The van der Waals surface area contributed by atoms with E-state index in [4.69, 9.17) is 16.9 Å². The van der Waals surface area contributed by atoms with Gasteiger partial charge in [-0.1, -0.05) is 11.6 Å². The van der Waals surface area contributed by atoms with Gasteiger partial charge in [-0.25, -0.2) is 0 Å². The molecule has 0 atom stereocenters. The summed E-state index contributed by atoms with van der Waals surface area (Å²) >= 11 is 6.46. The van der Waals surface area contributed by atoms with Gasteiger partial charge in [0.15, 0.2) is 0 Å². The molecule has 0 N–H and O–H groups in total. The van der Waals surface area contributed by atoms with Crippen molar-refractivity contribution in [1.29, 1.82) is 5.26 Å². The molecule has 78 valence electrons. The smallest absolute Gasteiger partial charge is 0.299 e. The molecule has 0 aliphatic heterocycles. The quantitative estimate of drug-likeness (QED) is 0.268. The minimum atomic E-state index is -0.520. The van der Waals surface area contributed by atoms with Crippen LogP contribution in [-0.4, -0.2) is 4.92 Å². The summed E-state index contributed by atoms with van der Waals surface area (Å²) in [5.74, 6) is 0.223. The van der Waals surface area contributed by atoms with Gasteiger partial charge in [-0.15, -0.1) is 5.26 Å². The number of halogens is 1. The second-order valence-electron chi connectivity index (χ2n) is 2.47. The fourth-order valence-electron chi connectivity index (χ4n) is 0.948. The van der Waals surface area contributed by atoms with Gasteiger partial charge < -0.3 is 4.18 Å². The summed E-state index contributed by atoms with van der Waals surface area (Å²) in [6.07, 6.45) is 1.47. The van der Waals surface area contributed by atoms with Crippen molar-refractivity contribution in [2.45, 2.75) is 5.75 Å². The SMILES string of the molecule is N#COSCc1ccc(Cl)cc1[N+](=O)[O-]. The van der Waals surface area contributed by atoms with E-state index < -0.39 is 4.92 Å². The molecule has 1 rings (SSSR count). The zero-order valence-corrected chi connectivity index (χ0v) is 8.92. The highest BCUT2D eigenvalue weighted by Crippen LogP contribution is 2.26. The van der Waals surface area contributed by atoms with E-state index >= 15 is 0 Å². The second kappa shape index (κ2) is 5.44. The summed E-state index contributed by atoms with van der Waals surface area (Å²) in [4.78, 5) is 10.1. The van der Waals surface area contributed by atoms with Gasteiger partial charge in [-0.2, -0.15) is 0 Å². The molecule has 0 spiro atoms. The molecule has 15 heavy (non-hydrogen) atoms. The van der Waals surface area contributed by atoms with Crippen molar-refractivity contribution in [1.82, 2.24) is 0 Å². The van der Waals surface area contributed by atoms with Gasteiger partial charge in [-0.3, -0.25) is 10.1 Å². The maximum atomic E-state index is 10.6. The van der Waals surface area contributed by atoms with Crippen LogP contribution in [0, 0.1) is 21.6 Å². The molecule has 0 bridgehead atoms. The van der Waals surface area contributed by atoms with E-state index in [1.54, 1.807) is 6.07 Å². The summed E-state index contributed by atoms with van der Waals surface area (Å²) in [5, 5.41) is 19.1. The van der Waals surface area contributed by atoms with Gasteiger partial charge >= 0.3 is 0 Å². The number of nitro benzene ring substituents is 1. The average molecular weight is 245 g/mol. The third kappa shape index (κ3) is 3.31. The van der Waals surface area contributed by atoms with Gasteiger partial charge in [0.05, 0.1) is 22.7 Å². The number of benzene rings is 1. The normalized spacial score (nSPS) is 9.33. The van der Waals surface area contributed by atoms with E-state index in [2.05, 4.69) is 4.18 Å². The lowest BCUT2D eigenvalue weighted by atomic mass is 10.2. The highest BCUT2D eigenvalue weighted by Gasteiger charge is 2.14. The molecular weight excluding hydrogens is 240 g/mol. The van der Waals surface area contributed by atoms with Crippen molar-refractivity contribution >= 4 is 29.3 Å². The molecule has 0 saturated heterocycles. The molecule has 1 aromatic carbocycles. The van der Waals surface area contributed by atoms with Crippen LogP contribution in [0.5, 0.6) is 0 Å². The van der Waals surface area contributed by atoms with Crippen LogP contribution < -0.4 is 0 Å². The molecule has 0 radical (unpaired) electrons. The number of nitrogens with zero attached hydrogens (tertiary/aromatic N) is 2. The first kappa shape index (κ1) is 11.6. The summed E-state index contributed by atoms with van der Waals surface area (Å²) in [5.41, 5.74) is 0.390. The molecule has 0 aromatic heterocycles. The molecule has 0 heterocycles. The molecule has 0 saturated carbocycles. The largest absolute Gasteiger partial charge is 0.352 e. The predicted octanol–water partition coefficient (Wildman–Crippen LogP) is 2.89. The molecule has 7 heteroatoms. The van der Waals surface area contributed by atoms with Crippen LogP contribution in [0.3, 0.4) is 0 Å². The van der Waals surface area contributed by atoms with E-state index in [0.717, 1.165) is 12.0 Å². The Morgan fingerprint density at radius 2 is 2.40 bits per heavy atom. The lowest BCUT2D eigenvalue weighted by Crippen LogP contribution is -1.94. The van der Waals surface area contributed by atoms with Crippen LogP contribution in [0.2, 0.25) is 5.02 Å². The van der Waals surface area contributed by atoms with Crippen molar-refractivity contribution in [2.24, 2.45) is 0 Å². The van der Waals surface area contributed by atoms with Crippen molar-refractivity contribution in [2.75, 3.05) is 0 Å². The molecule has 1 aromatic rings. The highest BCUT2D eigenvalue weighted by molar-refractivity contribution is 7.94.